The summed E-state index contributed by atoms with van der Waals surface area (Å²) in [6, 6.07) is 17.2. The Morgan fingerprint density at radius 2 is 1.71 bits per heavy atom. The molecule has 0 spiro atoms. The minimum Gasteiger partial charge on any atom is -0.374 e. The average molecular weight is 521 g/mol. The second-order valence-corrected chi connectivity index (χ2v) is 9.61. The Morgan fingerprint density at radius 1 is 1.08 bits per heavy atom. The Kier molecular flexibility index (Phi) is 9.75. The molecule has 3 amide bonds. The van der Waals surface area contributed by atoms with Crippen molar-refractivity contribution in [1.29, 1.82) is 0 Å². The van der Waals surface area contributed by atoms with E-state index in [1.165, 1.54) is 6.33 Å². The molecule has 10 nitrogen and oxygen atoms in total. The summed E-state index contributed by atoms with van der Waals surface area (Å²) in [6.45, 7) is 5.75. The predicted octanol–water partition coefficient (Wildman–Crippen LogP) is 2.33. The molecule has 2 atom stereocenters. The molecule has 38 heavy (non-hydrogen) atoms. The van der Waals surface area contributed by atoms with Gasteiger partial charge in [-0.1, -0.05) is 60.7 Å². The Hall–Kier alpha value is -4.02. The molecule has 0 saturated carbocycles. The number of nitrogens with zero attached hydrogens (tertiary/aromatic N) is 3. The predicted molar refractivity (Wildman–Crippen MR) is 145 cm³/mol. The quantitative estimate of drug-likeness (QED) is 0.336. The van der Waals surface area contributed by atoms with Crippen molar-refractivity contribution in [3.63, 3.8) is 0 Å². The summed E-state index contributed by atoms with van der Waals surface area (Å²) >= 11 is 0. The molecule has 0 fully saturated rings. The zero-order chi connectivity index (χ0) is 27.7. The van der Waals surface area contributed by atoms with Crippen molar-refractivity contribution in [1.82, 2.24) is 19.8 Å². The van der Waals surface area contributed by atoms with Crippen molar-refractivity contribution in [2.75, 3.05) is 25.5 Å². The van der Waals surface area contributed by atoms with Crippen LogP contribution in [0.15, 0.2) is 73.2 Å². The molecule has 0 aliphatic rings. The number of benzene rings is 2. The fourth-order valence-corrected chi connectivity index (χ4v) is 3.59. The summed E-state index contributed by atoms with van der Waals surface area (Å²) in [5.74, 6) is -0.895. The van der Waals surface area contributed by atoms with Crippen molar-refractivity contribution in [2.45, 2.75) is 45.0 Å². The maximum absolute atomic E-state index is 13.2. The van der Waals surface area contributed by atoms with Crippen molar-refractivity contribution >= 4 is 23.5 Å². The maximum atomic E-state index is 13.2. The zero-order valence-corrected chi connectivity index (χ0v) is 22.3. The number of hydrogen-bond acceptors (Lipinski definition) is 6. The SMILES string of the molecule is CCN(C)C(=O)C(c1ccccc1)n1cnc(NC(=O)C(COCc2ccccc2)NC(=O)C(C)(C)N)c1. The molecule has 3 rings (SSSR count). The van der Waals surface area contributed by atoms with Crippen LogP contribution in [0.1, 0.15) is 37.9 Å². The van der Waals surface area contributed by atoms with Gasteiger partial charge in [-0.2, -0.15) is 0 Å². The molecule has 2 unspecified atom stereocenters. The van der Waals surface area contributed by atoms with Crippen molar-refractivity contribution in [3.8, 4) is 0 Å². The topological polar surface area (TPSA) is 132 Å². The van der Waals surface area contributed by atoms with E-state index < -0.39 is 29.4 Å². The number of hydrogen-bond donors (Lipinski definition) is 3. The van der Waals surface area contributed by atoms with Crippen LogP contribution in [0.25, 0.3) is 0 Å². The Balaban J connectivity index is 1.76. The number of nitrogens with two attached hydrogens (primary N) is 1. The summed E-state index contributed by atoms with van der Waals surface area (Å²) in [7, 11) is 1.74. The van der Waals surface area contributed by atoms with E-state index in [0.717, 1.165) is 11.1 Å². The highest BCUT2D eigenvalue weighted by molar-refractivity contribution is 5.98. The lowest BCUT2D eigenvalue weighted by Gasteiger charge is -2.24. The molecule has 202 valence electrons. The molecule has 1 aromatic heterocycles. The van der Waals surface area contributed by atoms with Crippen LogP contribution < -0.4 is 16.4 Å². The number of anilines is 1. The van der Waals surface area contributed by atoms with E-state index in [0.29, 0.717) is 6.54 Å². The molecule has 0 aliphatic heterocycles. The summed E-state index contributed by atoms with van der Waals surface area (Å²) in [5, 5.41) is 5.39. The van der Waals surface area contributed by atoms with Gasteiger partial charge in [0.05, 0.1) is 25.1 Å². The number of amides is 3. The number of carbonyl (C=O) groups excluding carboxylic acids is 3. The van der Waals surface area contributed by atoms with E-state index in [9.17, 15) is 14.4 Å². The van der Waals surface area contributed by atoms with E-state index in [1.807, 2.05) is 67.6 Å². The van der Waals surface area contributed by atoms with Crippen LogP contribution >= 0.6 is 0 Å². The molecule has 1 heterocycles. The van der Waals surface area contributed by atoms with Crippen molar-refractivity contribution in [3.05, 3.63) is 84.3 Å². The first-order valence-corrected chi connectivity index (χ1v) is 12.5. The first-order chi connectivity index (χ1) is 18.1. The molecule has 4 N–H and O–H groups in total. The number of ether oxygens (including phenoxy) is 1. The van der Waals surface area contributed by atoms with Gasteiger partial charge in [0.1, 0.15) is 12.1 Å². The number of imidazole rings is 1. The van der Waals surface area contributed by atoms with Crippen LogP contribution in [-0.2, 0) is 25.7 Å². The third kappa shape index (κ3) is 7.74. The molecule has 3 aromatic rings. The van der Waals surface area contributed by atoms with Gasteiger partial charge in [0.2, 0.25) is 11.8 Å². The van der Waals surface area contributed by atoms with Gasteiger partial charge in [0.25, 0.3) is 5.91 Å². The second-order valence-electron chi connectivity index (χ2n) is 9.61. The van der Waals surface area contributed by atoms with Crippen LogP contribution in [0.3, 0.4) is 0 Å². The maximum Gasteiger partial charge on any atom is 0.250 e. The lowest BCUT2D eigenvalue weighted by Crippen LogP contribution is -2.56. The van der Waals surface area contributed by atoms with Crippen LogP contribution in [0.2, 0.25) is 0 Å². The third-order valence-corrected chi connectivity index (χ3v) is 5.95. The molecule has 0 saturated heterocycles. The number of carbonyl (C=O) groups is 3. The number of likely N-dealkylation sites (N-methyl/N-ethyl adjacent to an activating group) is 1. The van der Waals surface area contributed by atoms with Gasteiger partial charge in [-0.3, -0.25) is 14.4 Å². The summed E-state index contributed by atoms with van der Waals surface area (Å²) in [4.78, 5) is 44.8. The lowest BCUT2D eigenvalue weighted by atomic mass is 10.1. The van der Waals surface area contributed by atoms with Crippen LogP contribution in [0, 0.1) is 0 Å². The van der Waals surface area contributed by atoms with Gasteiger partial charge >= 0.3 is 0 Å². The van der Waals surface area contributed by atoms with Crippen LogP contribution in [0.5, 0.6) is 0 Å². The van der Waals surface area contributed by atoms with Crippen molar-refractivity contribution < 1.29 is 19.1 Å². The molecule has 2 aromatic carbocycles. The smallest absolute Gasteiger partial charge is 0.250 e. The number of nitrogens with one attached hydrogen (secondary N) is 2. The Morgan fingerprint density at radius 3 is 2.32 bits per heavy atom. The highest BCUT2D eigenvalue weighted by Gasteiger charge is 2.29. The van der Waals surface area contributed by atoms with E-state index in [2.05, 4.69) is 15.6 Å². The van der Waals surface area contributed by atoms with Gasteiger partial charge in [0, 0.05) is 19.8 Å². The number of rotatable bonds is 12. The van der Waals surface area contributed by atoms with E-state index >= 15 is 0 Å². The fourth-order valence-electron chi connectivity index (χ4n) is 3.59. The number of aromatic nitrogens is 2. The fraction of sp³-hybridized carbons (Fsp3) is 0.357. The summed E-state index contributed by atoms with van der Waals surface area (Å²) in [5.41, 5.74) is 6.46. The normalized spacial score (nSPS) is 12.9. The van der Waals surface area contributed by atoms with Crippen molar-refractivity contribution in [2.24, 2.45) is 5.73 Å². The minimum absolute atomic E-state index is 0.0737. The van der Waals surface area contributed by atoms with Crippen LogP contribution in [0.4, 0.5) is 5.82 Å². The van der Waals surface area contributed by atoms with Gasteiger partial charge in [0.15, 0.2) is 5.82 Å². The van der Waals surface area contributed by atoms with Crippen LogP contribution in [-0.4, -0.2) is 64.0 Å². The molecule has 0 aliphatic carbocycles. The summed E-state index contributed by atoms with van der Waals surface area (Å²) in [6.07, 6.45) is 3.09. The molecular weight excluding hydrogens is 484 g/mol. The lowest BCUT2D eigenvalue weighted by molar-refractivity contribution is -0.132. The average Bonchev–Trinajstić information content (AvgIpc) is 3.35. The second kappa shape index (κ2) is 13.0. The molecule has 10 heteroatoms. The zero-order valence-electron chi connectivity index (χ0n) is 22.3. The first kappa shape index (κ1) is 28.5. The van der Waals surface area contributed by atoms with Gasteiger partial charge < -0.3 is 30.6 Å². The largest absolute Gasteiger partial charge is 0.374 e. The monoisotopic (exact) mass is 520 g/mol. The Labute approximate surface area is 223 Å². The van der Waals surface area contributed by atoms with E-state index in [4.69, 9.17) is 10.5 Å². The first-order valence-electron chi connectivity index (χ1n) is 12.5. The standard InChI is InChI=1S/C28H36N6O4/c1-5-33(4)26(36)24(21-14-10-7-11-15-21)34-16-23(30-19-34)32-25(35)22(31-27(37)28(2,3)29)18-38-17-20-12-8-6-9-13-20/h6-16,19,22,24H,5,17-18,29H2,1-4H3,(H,31,37)(H,32,35). The third-order valence-electron chi connectivity index (χ3n) is 5.95. The van der Waals surface area contributed by atoms with E-state index in [1.54, 1.807) is 36.6 Å². The Bertz CT molecular complexity index is 1210. The highest BCUT2D eigenvalue weighted by atomic mass is 16.5. The molecular formula is C28H36N6O4. The minimum atomic E-state index is -1.19. The van der Waals surface area contributed by atoms with Gasteiger partial charge in [-0.25, -0.2) is 4.98 Å². The summed E-state index contributed by atoms with van der Waals surface area (Å²) < 4.78 is 7.39. The van der Waals surface area contributed by atoms with Gasteiger partial charge in [-0.15, -0.1) is 0 Å². The highest BCUT2D eigenvalue weighted by Crippen LogP contribution is 2.22. The molecule has 0 radical (unpaired) electrons. The van der Waals surface area contributed by atoms with Gasteiger partial charge in [-0.05, 0) is 31.9 Å². The molecule has 0 bridgehead atoms. The van der Waals surface area contributed by atoms with E-state index in [-0.39, 0.29) is 24.9 Å².